The molecule has 2 atom stereocenters. The molecule has 3 heteroatoms. The van der Waals surface area contributed by atoms with Crippen LogP contribution in [-0.2, 0) is 4.79 Å². The highest BCUT2D eigenvalue weighted by atomic mass is 16.2. The molecular formula is C10H18N2O. The number of carbonyl (C=O) groups is 1. The van der Waals surface area contributed by atoms with Gasteiger partial charge in [-0.15, -0.1) is 0 Å². The summed E-state index contributed by atoms with van der Waals surface area (Å²) in [5.41, 5.74) is 0. The van der Waals surface area contributed by atoms with Gasteiger partial charge in [-0.25, -0.2) is 0 Å². The van der Waals surface area contributed by atoms with Crippen LogP contribution in [0, 0.1) is 5.92 Å². The maximum absolute atomic E-state index is 11.7. The van der Waals surface area contributed by atoms with Gasteiger partial charge in [-0.2, -0.15) is 0 Å². The highest BCUT2D eigenvalue weighted by Gasteiger charge is 2.42. The van der Waals surface area contributed by atoms with E-state index in [0.717, 1.165) is 19.5 Å². The van der Waals surface area contributed by atoms with E-state index >= 15 is 0 Å². The van der Waals surface area contributed by atoms with Crippen molar-refractivity contribution in [3.05, 3.63) is 0 Å². The molecule has 0 aromatic carbocycles. The van der Waals surface area contributed by atoms with Crippen LogP contribution in [0.25, 0.3) is 0 Å². The number of nitrogens with zero attached hydrogens (tertiary/aromatic N) is 2. The number of hydrogen-bond donors (Lipinski definition) is 0. The summed E-state index contributed by atoms with van der Waals surface area (Å²) in [6, 6.07) is 0.510. The molecule has 0 spiro atoms. The Bertz CT molecular complexity index is 217. The van der Waals surface area contributed by atoms with Gasteiger partial charge in [0.25, 0.3) is 0 Å². The summed E-state index contributed by atoms with van der Waals surface area (Å²) < 4.78 is 0. The molecule has 0 aliphatic carbocycles. The lowest BCUT2D eigenvalue weighted by Gasteiger charge is -2.34. The van der Waals surface area contributed by atoms with E-state index in [1.807, 2.05) is 11.9 Å². The van der Waals surface area contributed by atoms with E-state index in [1.54, 1.807) is 0 Å². The Morgan fingerprint density at radius 1 is 1.54 bits per heavy atom. The second kappa shape index (κ2) is 3.29. The maximum Gasteiger partial charge on any atom is 0.227 e. The number of rotatable bonds is 1. The van der Waals surface area contributed by atoms with Crippen LogP contribution in [0.4, 0.5) is 0 Å². The number of carbonyl (C=O) groups excluding carboxylic acids is 1. The number of hydrogen-bond acceptors (Lipinski definition) is 2. The molecule has 0 radical (unpaired) electrons. The fourth-order valence-corrected chi connectivity index (χ4v) is 2.70. The zero-order valence-electron chi connectivity index (χ0n) is 8.49. The van der Waals surface area contributed by atoms with Gasteiger partial charge in [0.2, 0.25) is 5.91 Å². The minimum atomic E-state index is 0.304. The van der Waals surface area contributed by atoms with Crippen LogP contribution in [0.2, 0.25) is 0 Å². The van der Waals surface area contributed by atoms with Crippen LogP contribution < -0.4 is 0 Å². The summed E-state index contributed by atoms with van der Waals surface area (Å²) in [6.07, 6.45) is 2.29. The predicted molar refractivity (Wildman–Crippen MR) is 51.4 cm³/mol. The minimum absolute atomic E-state index is 0.304. The lowest BCUT2D eigenvalue weighted by atomic mass is 9.91. The van der Waals surface area contributed by atoms with E-state index in [0.29, 0.717) is 17.9 Å². The van der Waals surface area contributed by atoms with E-state index in [4.69, 9.17) is 0 Å². The number of piperidine rings is 1. The fourth-order valence-electron chi connectivity index (χ4n) is 2.70. The molecule has 3 nitrogen and oxygen atoms in total. The first-order valence-electron chi connectivity index (χ1n) is 5.23. The quantitative estimate of drug-likeness (QED) is 0.591. The third kappa shape index (κ3) is 1.35. The van der Waals surface area contributed by atoms with Gasteiger partial charge in [0, 0.05) is 19.6 Å². The molecule has 2 fully saturated rings. The van der Waals surface area contributed by atoms with Crippen LogP contribution in [0.1, 0.15) is 19.8 Å². The Morgan fingerprint density at radius 3 is 3.00 bits per heavy atom. The van der Waals surface area contributed by atoms with Crippen LogP contribution in [-0.4, -0.2) is 48.4 Å². The first-order chi connectivity index (χ1) is 6.24. The number of amides is 1. The Labute approximate surface area is 79.7 Å². The fraction of sp³-hybridized carbons (Fsp3) is 0.900. The average Bonchev–Trinajstić information content (AvgIpc) is 2.43. The summed E-state index contributed by atoms with van der Waals surface area (Å²) in [4.78, 5) is 16.0. The molecule has 1 amide bonds. The third-order valence-corrected chi connectivity index (χ3v) is 3.45. The lowest BCUT2D eigenvalue weighted by molar-refractivity contribution is -0.130. The van der Waals surface area contributed by atoms with Crippen molar-refractivity contribution >= 4 is 5.91 Å². The lowest BCUT2D eigenvalue weighted by Crippen LogP contribution is -2.45. The van der Waals surface area contributed by atoms with Crippen LogP contribution in [0.5, 0.6) is 0 Å². The summed E-state index contributed by atoms with van der Waals surface area (Å²) in [6.45, 7) is 5.39. The second-order valence-corrected chi connectivity index (χ2v) is 4.16. The molecule has 0 unspecified atom stereocenters. The molecule has 0 N–H and O–H groups in total. The first kappa shape index (κ1) is 9.00. The van der Waals surface area contributed by atoms with Gasteiger partial charge in [-0.3, -0.25) is 9.69 Å². The standard InChI is InChI=1S/C10H18N2O/c1-3-12-6-4-5-8-9(12)7-11(2)10(8)13/h8-9H,3-7H2,1-2H3/t8-,9-/m1/s1. The molecule has 0 saturated carbocycles. The van der Waals surface area contributed by atoms with Gasteiger partial charge in [-0.1, -0.05) is 6.92 Å². The van der Waals surface area contributed by atoms with E-state index in [9.17, 15) is 4.79 Å². The van der Waals surface area contributed by atoms with E-state index in [2.05, 4.69) is 11.8 Å². The van der Waals surface area contributed by atoms with Crippen molar-refractivity contribution in [3.8, 4) is 0 Å². The molecule has 74 valence electrons. The molecule has 2 heterocycles. The maximum atomic E-state index is 11.7. The van der Waals surface area contributed by atoms with Crippen molar-refractivity contribution in [2.24, 2.45) is 5.92 Å². The molecule has 0 bridgehead atoms. The van der Waals surface area contributed by atoms with Crippen molar-refractivity contribution in [2.75, 3.05) is 26.7 Å². The largest absolute Gasteiger partial charge is 0.344 e. The number of fused-ring (bicyclic) bond motifs is 1. The molecule has 2 rings (SSSR count). The molecule has 2 aliphatic rings. The van der Waals surface area contributed by atoms with Crippen molar-refractivity contribution in [3.63, 3.8) is 0 Å². The Kier molecular flexibility index (Phi) is 2.28. The highest BCUT2D eigenvalue weighted by Crippen LogP contribution is 2.30. The number of likely N-dealkylation sites (N-methyl/N-ethyl adjacent to an activating group) is 2. The summed E-state index contributed by atoms with van der Waals surface area (Å²) in [7, 11) is 1.93. The average molecular weight is 182 g/mol. The van der Waals surface area contributed by atoms with Crippen LogP contribution >= 0.6 is 0 Å². The highest BCUT2D eigenvalue weighted by molar-refractivity contribution is 5.81. The Morgan fingerprint density at radius 2 is 2.31 bits per heavy atom. The van der Waals surface area contributed by atoms with Gasteiger partial charge in [0.15, 0.2) is 0 Å². The van der Waals surface area contributed by atoms with Crippen molar-refractivity contribution < 1.29 is 4.79 Å². The van der Waals surface area contributed by atoms with E-state index < -0.39 is 0 Å². The molecule has 2 aliphatic heterocycles. The summed E-state index contributed by atoms with van der Waals surface area (Å²) >= 11 is 0. The van der Waals surface area contributed by atoms with Gasteiger partial charge in [0.1, 0.15) is 0 Å². The molecule has 13 heavy (non-hydrogen) atoms. The van der Waals surface area contributed by atoms with Gasteiger partial charge < -0.3 is 4.90 Å². The summed E-state index contributed by atoms with van der Waals surface area (Å²) in [5, 5.41) is 0. The monoisotopic (exact) mass is 182 g/mol. The Balaban J connectivity index is 2.13. The van der Waals surface area contributed by atoms with Crippen molar-refractivity contribution in [2.45, 2.75) is 25.8 Å². The molecular weight excluding hydrogens is 164 g/mol. The SMILES string of the molecule is CCN1CCC[C@H]2C(=O)N(C)C[C@H]21. The topological polar surface area (TPSA) is 23.6 Å². The normalized spacial score (nSPS) is 35.2. The van der Waals surface area contributed by atoms with Crippen molar-refractivity contribution in [1.82, 2.24) is 9.80 Å². The zero-order valence-corrected chi connectivity index (χ0v) is 8.49. The van der Waals surface area contributed by atoms with Gasteiger partial charge >= 0.3 is 0 Å². The molecule has 2 saturated heterocycles. The summed E-state index contributed by atoms with van der Waals surface area (Å²) in [5.74, 6) is 0.668. The first-order valence-corrected chi connectivity index (χ1v) is 5.23. The van der Waals surface area contributed by atoms with Crippen LogP contribution in [0.3, 0.4) is 0 Å². The molecule has 0 aromatic rings. The minimum Gasteiger partial charge on any atom is -0.344 e. The Hall–Kier alpha value is -0.570. The smallest absolute Gasteiger partial charge is 0.227 e. The van der Waals surface area contributed by atoms with E-state index in [-0.39, 0.29) is 0 Å². The van der Waals surface area contributed by atoms with Gasteiger partial charge in [0.05, 0.1) is 5.92 Å². The second-order valence-electron chi connectivity index (χ2n) is 4.16. The molecule has 0 aromatic heterocycles. The number of likely N-dealkylation sites (tertiary alicyclic amines) is 2. The van der Waals surface area contributed by atoms with Gasteiger partial charge in [-0.05, 0) is 25.9 Å². The van der Waals surface area contributed by atoms with Crippen molar-refractivity contribution in [1.29, 1.82) is 0 Å². The zero-order chi connectivity index (χ0) is 9.42. The third-order valence-electron chi connectivity index (χ3n) is 3.45. The predicted octanol–water partition coefficient (Wildman–Crippen LogP) is 0.559. The van der Waals surface area contributed by atoms with Crippen LogP contribution in [0.15, 0.2) is 0 Å². The van der Waals surface area contributed by atoms with E-state index in [1.165, 1.54) is 13.0 Å².